The van der Waals surface area contributed by atoms with E-state index in [9.17, 15) is 9.59 Å². The number of fused-ring (bicyclic) bond motifs is 1. The molecule has 1 aliphatic heterocycles. The molecule has 0 bridgehead atoms. The highest BCUT2D eigenvalue weighted by Crippen LogP contribution is 2.24. The van der Waals surface area contributed by atoms with Gasteiger partial charge in [0.2, 0.25) is 0 Å². The molecule has 1 aromatic carbocycles. The Morgan fingerprint density at radius 1 is 1.33 bits per heavy atom. The number of para-hydroxylation sites is 1. The van der Waals surface area contributed by atoms with E-state index in [1.54, 1.807) is 19.1 Å². The minimum atomic E-state index is -0.746. The van der Waals surface area contributed by atoms with Gasteiger partial charge in [0, 0.05) is 0 Å². The molecule has 2 rings (SSSR count). The van der Waals surface area contributed by atoms with Crippen LogP contribution in [0.3, 0.4) is 0 Å². The van der Waals surface area contributed by atoms with E-state index in [2.05, 4.69) is 5.32 Å². The van der Waals surface area contributed by atoms with Gasteiger partial charge in [-0.1, -0.05) is 12.1 Å². The van der Waals surface area contributed by atoms with Gasteiger partial charge in [-0.25, -0.2) is 4.79 Å². The van der Waals surface area contributed by atoms with Crippen molar-refractivity contribution in [2.75, 3.05) is 5.32 Å². The van der Waals surface area contributed by atoms with Crippen molar-refractivity contribution in [1.82, 2.24) is 0 Å². The molecule has 78 valence electrons. The lowest BCUT2D eigenvalue weighted by Crippen LogP contribution is -2.26. The van der Waals surface area contributed by atoms with Crippen LogP contribution in [0.4, 0.5) is 5.69 Å². The largest absolute Gasteiger partial charge is 0.449 e. The average molecular weight is 205 g/mol. The number of cyclic esters (lactones) is 1. The Kier molecular flexibility index (Phi) is 2.19. The maximum atomic E-state index is 11.6. The lowest BCUT2D eigenvalue weighted by Gasteiger charge is -2.07. The van der Waals surface area contributed by atoms with Crippen LogP contribution in [0, 0.1) is 6.92 Å². The fourth-order valence-corrected chi connectivity index (χ4v) is 1.51. The molecule has 1 aliphatic rings. The first-order valence-electron chi connectivity index (χ1n) is 4.71. The monoisotopic (exact) mass is 205 g/mol. The molecule has 0 fully saturated rings. The van der Waals surface area contributed by atoms with Crippen LogP contribution < -0.4 is 5.32 Å². The molecule has 1 heterocycles. The first kappa shape index (κ1) is 9.71. The second kappa shape index (κ2) is 3.38. The summed E-state index contributed by atoms with van der Waals surface area (Å²) in [7, 11) is 0. The lowest BCUT2D eigenvalue weighted by atomic mass is 10.1. The number of hydrogen-bond donors (Lipinski definition) is 1. The zero-order valence-corrected chi connectivity index (χ0v) is 8.53. The van der Waals surface area contributed by atoms with Crippen molar-refractivity contribution in [2.45, 2.75) is 20.0 Å². The van der Waals surface area contributed by atoms with Crippen molar-refractivity contribution >= 4 is 17.6 Å². The SMILES string of the molecule is Cc1cccc2c1NC(=O)[C@@H](C)OC2=O. The summed E-state index contributed by atoms with van der Waals surface area (Å²) >= 11 is 0. The van der Waals surface area contributed by atoms with Gasteiger partial charge >= 0.3 is 5.97 Å². The third-order valence-corrected chi connectivity index (χ3v) is 2.39. The number of rotatable bonds is 0. The molecule has 4 nitrogen and oxygen atoms in total. The van der Waals surface area contributed by atoms with Crippen LogP contribution in [0.15, 0.2) is 18.2 Å². The molecule has 0 spiro atoms. The standard InChI is InChI=1S/C11H11NO3/c1-6-4-3-5-8-9(6)12-10(13)7(2)15-11(8)14/h3-5,7H,1-2H3,(H,12,13)/t7-/m1/s1. The predicted molar refractivity (Wildman–Crippen MR) is 54.7 cm³/mol. The van der Waals surface area contributed by atoms with Crippen molar-refractivity contribution < 1.29 is 14.3 Å². The predicted octanol–water partition coefficient (Wildman–Crippen LogP) is 1.49. The second-order valence-corrected chi connectivity index (χ2v) is 3.53. The molecule has 0 aromatic heterocycles. The first-order chi connectivity index (χ1) is 7.09. The molecule has 0 unspecified atom stereocenters. The average Bonchev–Trinajstić information content (AvgIpc) is 2.29. The Balaban J connectivity index is 2.56. The molecule has 1 atom stereocenters. The van der Waals surface area contributed by atoms with E-state index in [1.807, 2.05) is 13.0 Å². The summed E-state index contributed by atoms with van der Waals surface area (Å²) in [4.78, 5) is 23.1. The Morgan fingerprint density at radius 3 is 2.80 bits per heavy atom. The molecule has 1 amide bonds. The fourth-order valence-electron chi connectivity index (χ4n) is 1.51. The van der Waals surface area contributed by atoms with Crippen molar-refractivity contribution in [1.29, 1.82) is 0 Å². The van der Waals surface area contributed by atoms with Crippen molar-refractivity contribution in [2.24, 2.45) is 0 Å². The van der Waals surface area contributed by atoms with Crippen molar-refractivity contribution in [3.05, 3.63) is 29.3 Å². The molecular weight excluding hydrogens is 194 g/mol. The smallest absolute Gasteiger partial charge is 0.341 e. The number of carbonyl (C=O) groups excluding carboxylic acids is 2. The topological polar surface area (TPSA) is 55.4 Å². The molecule has 0 saturated carbocycles. The van der Waals surface area contributed by atoms with Crippen molar-refractivity contribution in [3.8, 4) is 0 Å². The molecule has 15 heavy (non-hydrogen) atoms. The first-order valence-corrected chi connectivity index (χ1v) is 4.71. The van der Waals surface area contributed by atoms with Gasteiger partial charge in [0.15, 0.2) is 6.10 Å². The summed E-state index contributed by atoms with van der Waals surface area (Å²) in [5.41, 5.74) is 1.82. The van der Waals surface area contributed by atoms with Crippen LogP contribution >= 0.6 is 0 Å². The summed E-state index contributed by atoms with van der Waals surface area (Å²) < 4.78 is 4.95. The Labute approximate surface area is 87.2 Å². The number of ether oxygens (including phenoxy) is 1. The minimum Gasteiger partial charge on any atom is -0.449 e. The fraction of sp³-hybridized carbons (Fsp3) is 0.273. The highest BCUT2D eigenvalue weighted by Gasteiger charge is 2.27. The van der Waals surface area contributed by atoms with E-state index in [0.717, 1.165) is 5.56 Å². The van der Waals surface area contributed by atoms with Gasteiger partial charge in [-0.15, -0.1) is 0 Å². The van der Waals surface area contributed by atoms with E-state index in [0.29, 0.717) is 11.3 Å². The second-order valence-electron chi connectivity index (χ2n) is 3.53. The van der Waals surface area contributed by atoms with Crippen LogP contribution in [0.5, 0.6) is 0 Å². The quantitative estimate of drug-likeness (QED) is 0.653. The lowest BCUT2D eigenvalue weighted by molar-refractivity contribution is -0.123. The summed E-state index contributed by atoms with van der Waals surface area (Å²) in [6, 6.07) is 5.24. The molecule has 4 heteroatoms. The van der Waals surface area contributed by atoms with E-state index < -0.39 is 12.1 Å². The van der Waals surface area contributed by atoms with Gasteiger partial charge in [-0.05, 0) is 25.5 Å². The van der Waals surface area contributed by atoms with E-state index in [-0.39, 0.29) is 5.91 Å². The van der Waals surface area contributed by atoms with Gasteiger partial charge in [0.05, 0.1) is 11.3 Å². The minimum absolute atomic E-state index is 0.295. The number of benzene rings is 1. The van der Waals surface area contributed by atoms with E-state index in [1.165, 1.54) is 0 Å². The Bertz CT molecular complexity index is 439. The summed E-state index contributed by atoms with van der Waals surface area (Å²) in [6.07, 6.45) is -0.746. The van der Waals surface area contributed by atoms with Gasteiger partial charge in [-0.2, -0.15) is 0 Å². The molecule has 1 N–H and O–H groups in total. The molecule has 0 radical (unpaired) electrons. The maximum absolute atomic E-state index is 11.6. The number of esters is 1. The summed E-state index contributed by atoms with van der Waals surface area (Å²) in [5.74, 6) is -0.754. The highest BCUT2D eigenvalue weighted by atomic mass is 16.5. The Morgan fingerprint density at radius 2 is 2.07 bits per heavy atom. The van der Waals surface area contributed by atoms with Gasteiger partial charge in [-0.3, -0.25) is 4.79 Å². The zero-order valence-electron chi connectivity index (χ0n) is 8.53. The van der Waals surface area contributed by atoms with Gasteiger partial charge in [0.25, 0.3) is 5.91 Å². The maximum Gasteiger partial charge on any atom is 0.341 e. The summed E-state index contributed by atoms with van der Waals surface area (Å²) in [5, 5.41) is 2.69. The third kappa shape index (κ3) is 1.58. The third-order valence-electron chi connectivity index (χ3n) is 2.39. The van der Waals surface area contributed by atoms with Gasteiger partial charge in [0.1, 0.15) is 0 Å². The number of carbonyl (C=O) groups is 2. The van der Waals surface area contributed by atoms with Crippen molar-refractivity contribution in [3.63, 3.8) is 0 Å². The van der Waals surface area contributed by atoms with Crippen LogP contribution in [-0.2, 0) is 9.53 Å². The van der Waals surface area contributed by atoms with Crippen LogP contribution in [-0.4, -0.2) is 18.0 Å². The van der Waals surface area contributed by atoms with E-state index in [4.69, 9.17) is 4.74 Å². The molecule has 1 aromatic rings. The molecule has 0 aliphatic carbocycles. The molecule has 0 saturated heterocycles. The van der Waals surface area contributed by atoms with Crippen LogP contribution in [0.25, 0.3) is 0 Å². The summed E-state index contributed by atoms with van der Waals surface area (Å²) in [6.45, 7) is 3.39. The zero-order chi connectivity index (χ0) is 11.0. The van der Waals surface area contributed by atoms with Crippen LogP contribution in [0.2, 0.25) is 0 Å². The Hall–Kier alpha value is -1.84. The highest BCUT2D eigenvalue weighted by molar-refractivity contribution is 6.07. The number of amides is 1. The number of nitrogens with one attached hydrogen (secondary N) is 1. The number of aryl methyl sites for hydroxylation is 1. The van der Waals surface area contributed by atoms with E-state index >= 15 is 0 Å². The number of anilines is 1. The van der Waals surface area contributed by atoms with Crippen LogP contribution in [0.1, 0.15) is 22.8 Å². The normalized spacial score (nSPS) is 20.0. The number of hydrogen-bond acceptors (Lipinski definition) is 3. The molecular formula is C11H11NO3. The van der Waals surface area contributed by atoms with Gasteiger partial charge < -0.3 is 10.1 Å².